The molecule has 0 unspecified atom stereocenters. The molecule has 116 valence electrons. The normalized spacial score (nSPS) is 23.4. The zero-order valence-corrected chi connectivity index (χ0v) is 12.8. The van der Waals surface area contributed by atoms with Gasteiger partial charge in [-0.1, -0.05) is 36.8 Å². The first kappa shape index (κ1) is 14.1. The Morgan fingerprint density at radius 1 is 0.957 bits per heavy atom. The van der Waals surface area contributed by atoms with Crippen LogP contribution in [0.25, 0.3) is 11.1 Å². The van der Waals surface area contributed by atoms with Crippen LogP contribution >= 0.6 is 0 Å². The van der Waals surface area contributed by atoms with Gasteiger partial charge in [0.25, 0.3) is 0 Å². The highest BCUT2D eigenvalue weighted by Gasteiger charge is 2.49. The van der Waals surface area contributed by atoms with E-state index in [2.05, 4.69) is 4.98 Å². The maximum absolute atomic E-state index is 12.4. The van der Waals surface area contributed by atoms with E-state index >= 15 is 0 Å². The summed E-state index contributed by atoms with van der Waals surface area (Å²) in [5.74, 6) is -0.0722. The number of amides is 2. The molecule has 2 aliphatic rings. The Labute approximate surface area is 135 Å². The second kappa shape index (κ2) is 5.61. The summed E-state index contributed by atoms with van der Waals surface area (Å²) in [6, 6.07) is 11.9. The molecule has 0 spiro atoms. The van der Waals surface area contributed by atoms with E-state index < -0.39 is 0 Å². The number of carbonyl (C=O) groups is 2. The van der Waals surface area contributed by atoms with Gasteiger partial charge in [0.15, 0.2) is 0 Å². The maximum Gasteiger partial charge on any atom is 0.233 e. The number of fused-ring (bicyclic) bond motifs is 1. The summed E-state index contributed by atoms with van der Waals surface area (Å²) in [6.07, 6.45) is 6.31. The van der Waals surface area contributed by atoms with E-state index in [9.17, 15) is 9.59 Å². The molecule has 1 aromatic carbocycles. The third kappa shape index (κ3) is 2.44. The van der Waals surface area contributed by atoms with Gasteiger partial charge in [-0.05, 0) is 35.6 Å². The molecule has 0 bridgehead atoms. The molecule has 1 saturated carbocycles. The largest absolute Gasteiger partial charge is 0.278 e. The van der Waals surface area contributed by atoms with Gasteiger partial charge in [0.05, 0.1) is 18.4 Å². The third-order valence-electron chi connectivity index (χ3n) is 4.97. The van der Waals surface area contributed by atoms with Gasteiger partial charge in [-0.3, -0.25) is 19.5 Å². The molecule has 1 aliphatic carbocycles. The number of nitrogens with zero attached hydrogens (tertiary/aromatic N) is 2. The first-order valence-corrected chi connectivity index (χ1v) is 8.08. The number of imide groups is 1. The number of hydrogen-bond acceptors (Lipinski definition) is 3. The maximum atomic E-state index is 12.4. The standard InChI is InChI=1S/C19H18N2O2/c22-18-16-4-1-5-17(16)19(23)21(18)12-13-6-8-14(9-7-13)15-3-2-10-20-11-15/h2-3,6-11,16-17H,1,4-5,12H2/t16-,17-/m1/s1. The summed E-state index contributed by atoms with van der Waals surface area (Å²) in [6.45, 7) is 0.387. The molecule has 2 amide bonds. The van der Waals surface area contributed by atoms with Gasteiger partial charge < -0.3 is 0 Å². The van der Waals surface area contributed by atoms with Crippen LogP contribution in [0.3, 0.4) is 0 Å². The summed E-state index contributed by atoms with van der Waals surface area (Å²) in [7, 11) is 0. The van der Waals surface area contributed by atoms with Gasteiger partial charge >= 0.3 is 0 Å². The predicted molar refractivity (Wildman–Crippen MR) is 86.1 cm³/mol. The van der Waals surface area contributed by atoms with E-state index in [-0.39, 0.29) is 23.7 Å². The molecule has 23 heavy (non-hydrogen) atoms. The number of rotatable bonds is 3. The monoisotopic (exact) mass is 306 g/mol. The first-order valence-electron chi connectivity index (χ1n) is 8.08. The van der Waals surface area contributed by atoms with Crippen LogP contribution in [0, 0.1) is 11.8 Å². The van der Waals surface area contributed by atoms with E-state index in [0.29, 0.717) is 6.54 Å². The van der Waals surface area contributed by atoms with E-state index in [1.807, 2.05) is 42.6 Å². The minimum atomic E-state index is -0.0582. The molecule has 0 N–H and O–H groups in total. The molecule has 2 aromatic rings. The van der Waals surface area contributed by atoms with Gasteiger partial charge in [0, 0.05) is 12.4 Å². The molecular formula is C19H18N2O2. The molecule has 1 aromatic heterocycles. The molecule has 1 aliphatic heterocycles. The minimum absolute atomic E-state index is 0.0221. The predicted octanol–water partition coefficient (Wildman–Crippen LogP) is 3.03. The Bertz CT molecular complexity index is 718. The van der Waals surface area contributed by atoms with Crippen molar-refractivity contribution >= 4 is 11.8 Å². The number of aromatic nitrogens is 1. The van der Waals surface area contributed by atoms with E-state index in [4.69, 9.17) is 0 Å². The van der Waals surface area contributed by atoms with Crippen molar-refractivity contribution in [2.45, 2.75) is 25.8 Å². The molecule has 0 radical (unpaired) electrons. The number of carbonyl (C=O) groups excluding carboxylic acids is 2. The average molecular weight is 306 g/mol. The second-order valence-electron chi connectivity index (χ2n) is 6.35. The lowest BCUT2D eigenvalue weighted by atomic mass is 10.00. The Morgan fingerprint density at radius 2 is 1.65 bits per heavy atom. The van der Waals surface area contributed by atoms with Gasteiger partial charge in [0.1, 0.15) is 0 Å². The smallest absolute Gasteiger partial charge is 0.233 e. The van der Waals surface area contributed by atoms with Crippen molar-refractivity contribution in [2.75, 3.05) is 0 Å². The molecule has 4 heteroatoms. The number of benzene rings is 1. The molecule has 2 fully saturated rings. The summed E-state index contributed by atoms with van der Waals surface area (Å²) in [5, 5.41) is 0. The van der Waals surface area contributed by atoms with E-state index in [0.717, 1.165) is 36.0 Å². The van der Waals surface area contributed by atoms with Crippen LogP contribution < -0.4 is 0 Å². The molecule has 1 saturated heterocycles. The van der Waals surface area contributed by atoms with Gasteiger partial charge in [0.2, 0.25) is 11.8 Å². The van der Waals surface area contributed by atoms with E-state index in [1.54, 1.807) is 6.20 Å². The summed E-state index contributed by atoms with van der Waals surface area (Å²) >= 11 is 0. The number of hydrogen-bond donors (Lipinski definition) is 0. The lowest BCUT2D eigenvalue weighted by Crippen LogP contribution is -2.31. The molecule has 4 rings (SSSR count). The molecule has 4 nitrogen and oxygen atoms in total. The molecule has 2 atom stereocenters. The number of likely N-dealkylation sites (tertiary alicyclic amines) is 1. The van der Waals surface area contributed by atoms with Crippen molar-refractivity contribution in [2.24, 2.45) is 11.8 Å². The van der Waals surface area contributed by atoms with Crippen LogP contribution in [0.2, 0.25) is 0 Å². The topological polar surface area (TPSA) is 50.3 Å². The van der Waals surface area contributed by atoms with Crippen molar-refractivity contribution < 1.29 is 9.59 Å². The van der Waals surface area contributed by atoms with Gasteiger partial charge in [-0.25, -0.2) is 0 Å². The zero-order valence-electron chi connectivity index (χ0n) is 12.8. The first-order chi connectivity index (χ1) is 11.2. The van der Waals surface area contributed by atoms with Gasteiger partial charge in [-0.15, -0.1) is 0 Å². The lowest BCUT2D eigenvalue weighted by Gasteiger charge is -2.16. The summed E-state index contributed by atoms with van der Waals surface area (Å²) < 4.78 is 0. The van der Waals surface area contributed by atoms with Crippen LogP contribution in [0.1, 0.15) is 24.8 Å². The fourth-order valence-electron chi connectivity index (χ4n) is 3.73. The van der Waals surface area contributed by atoms with Crippen molar-refractivity contribution in [3.8, 4) is 11.1 Å². The van der Waals surface area contributed by atoms with Crippen molar-refractivity contribution in [3.63, 3.8) is 0 Å². The Kier molecular flexibility index (Phi) is 3.45. The highest BCUT2D eigenvalue weighted by Crippen LogP contribution is 2.40. The summed E-state index contributed by atoms with van der Waals surface area (Å²) in [4.78, 5) is 30.3. The van der Waals surface area contributed by atoms with Crippen molar-refractivity contribution in [1.29, 1.82) is 0 Å². The number of pyridine rings is 1. The van der Waals surface area contributed by atoms with Crippen LogP contribution in [-0.4, -0.2) is 21.7 Å². The second-order valence-corrected chi connectivity index (χ2v) is 6.35. The Morgan fingerprint density at radius 3 is 2.26 bits per heavy atom. The van der Waals surface area contributed by atoms with E-state index in [1.165, 1.54) is 4.90 Å². The van der Waals surface area contributed by atoms with Crippen LogP contribution in [-0.2, 0) is 16.1 Å². The minimum Gasteiger partial charge on any atom is -0.278 e. The Hall–Kier alpha value is -2.49. The highest BCUT2D eigenvalue weighted by atomic mass is 16.2. The van der Waals surface area contributed by atoms with Crippen LogP contribution in [0.5, 0.6) is 0 Å². The van der Waals surface area contributed by atoms with Crippen LogP contribution in [0.4, 0.5) is 0 Å². The fourth-order valence-corrected chi connectivity index (χ4v) is 3.73. The highest BCUT2D eigenvalue weighted by molar-refractivity contribution is 6.05. The quantitative estimate of drug-likeness (QED) is 0.819. The van der Waals surface area contributed by atoms with Crippen molar-refractivity contribution in [1.82, 2.24) is 9.88 Å². The summed E-state index contributed by atoms with van der Waals surface area (Å²) in [5.41, 5.74) is 3.12. The molecular weight excluding hydrogens is 288 g/mol. The van der Waals surface area contributed by atoms with Crippen molar-refractivity contribution in [3.05, 3.63) is 54.4 Å². The zero-order chi connectivity index (χ0) is 15.8. The fraction of sp³-hybridized carbons (Fsp3) is 0.316. The van der Waals surface area contributed by atoms with Gasteiger partial charge in [-0.2, -0.15) is 0 Å². The molecule has 2 heterocycles. The third-order valence-corrected chi connectivity index (χ3v) is 4.97. The lowest BCUT2D eigenvalue weighted by molar-refractivity contribution is -0.141. The SMILES string of the molecule is O=C1[C@@H]2CCC[C@H]2C(=O)N1Cc1ccc(-c2cccnc2)cc1. The van der Waals surface area contributed by atoms with Crippen LogP contribution in [0.15, 0.2) is 48.8 Å². The Balaban J connectivity index is 1.52. The average Bonchev–Trinajstić information content (AvgIpc) is 3.16.